The van der Waals surface area contributed by atoms with E-state index in [1.54, 1.807) is 24.3 Å². The second kappa shape index (κ2) is 5.84. The summed E-state index contributed by atoms with van der Waals surface area (Å²) in [7, 11) is 0. The van der Waals surface area contributed by atoms with E-state index in [0.29, 0.717) is 0 Å². The Labute approximate surface area is 134 Å². The summed E-state index contributed by atoms with van der Waals surface area (Å²) >= 11 is 0. The topological polar surface area (TPSA) is 54.9 Å². The van der Waals surface area contributed by atoms with Gasteiger partial charge in [0.15, 0.2) is 5.69 Å². The van der Waals surface area contributed by atoms with Crippen LogP contribution < -0.4 is 5.56 Å². The molecule has 4 nitrogen and oxygen atoms in total. The van der Waals surface area contributed by atoms with Gasteiger partial charge in [0.05, 0.1) is 5.69 Å². The van der Waals surface area contributed by atoms with E-state index in [2.05, 4.69) is 0 Å². The molecule has 0 fully saturated rings. The van der Waals surface area contributed by atoms with Gasteiger partial charge in [-0.2, -0.15) is 13.2 Å². The molecule has 0 aliphatic heterocycles. The number of ketones is 1. The Morgan fingerprint density at radius 1 is 0.917 bits per heavy atom. The minimum absolute atomic E-state index is 0.0133. The third-order valence-electron chi connectivity index (χ3n) is 3.45. The van der Waals surface area contributed by atoms with Gasteiger partial charge in [-0.1, -0.05) is 48.5 Å². The lowest BCUT2D eigenvalue weighted by molar-refractivity contribution is -0.141. The number of halogens is 3. The summed E-state index contributed by atoms with van der Waals surface area (Å²) in [6.45, 7) is 0. The number of carbonyl (C=O) groups is 1. The second-order valence-electron chi connectivity index (χ2n) is 5.03. The third kappa shape index (κ3) is 2.76. The molecule has 0 amide bonds. The van der Waals surface area contributed by atoms with Crippen molar-refractivity contribution < 1.29 is 18.0 Å². The van der Waals surface area contributed by atoms with E-state index in [-0.39, 0.29) is 11.3 Å². The first-order chi connectivity index (χ1) is 11.4. The van der Waals surface area contributed by atoms with E-state index in [9.17, 15) is 22.8 Å². The summed E-state index contributed by atoms with van der Waals surface area (Å²) in [6, 6.07) is 15.1. The molecule has 0 unspecified atom stereocenters. The van der Waals surface area contributed by atoms with Gasteiger partial charge in [0.25, 0.3) is 5.56 Å². The van der Waals surface area contributed by atoms with Crippen molar-refractivity contribution in [1.82, 2.24) is 9.78 Å². The molecule has 0 saturated carbocycles. The van der Waals surface area contributed by atoms with Gasteiger partial charge in [-0.05, 0) is 12.1 Å². The van der Waals surface area contributed by atoms with Crippen LogP contribution in [0, 0.1) is 0 Å². The molecule has 3 aromatic rings. The third-order valence-corrected chi connectivity index (χ3v) is 3.45. The molecule has 122 valence electrons. The predicted molar refractivity (Wildman–Crippen MR) is 81.3 cm³/mol. The van der Waals surface area contributed by atoms with Gasteiger partial charge in [0.1, 0.15) is 5.56 Å². The lowest BCUT2D eigenvalue weighted by Gasteiger charge is -2.06. The SMILES string of the molecule is O=C(c1ccccc1)c1c(C(F)(F)F)[nH]n(-c2ccccc2)c1=O. The van der Waals surface area contributed by atoms with Crippen LogP contribution in [0.25, 0.3) is 5.69 Å². The maximum atomic E-state index is 13.3. The van der Waals surface area contributed by atoms with E-state index < -0.39 is 28.8 Å². The van der Waals surface area contributed by atoms with Gasteiger partial charge < -0.3 is 0 Å². The summed E-state index contributed by atoms with van der Waals surface area (Å²) in [5.41, 5.74) is -3.09. The molecule has 0 radical (unpaired) electrons. The Morgan fingerprint density at radius 2 is 1.46 bits per heavy atom. The van der Waals surface area contributed by atoms with Crippen LogP contribution in [0.3, 0.4) is 0 Å². The lowest BCUT2D eigenvalue weighted by Crippen LogP contribution is -2.22. The Balaban J connectivity index is 2.24. The number of alkyl halides is 3. The Bertz CT molecular complexity index is 926. The molecular weight excluding hydrogens is 321 g/mol. The number of para-hydroxylation sites is 1. The smallest absolute Gasteiger partial charge is 0.288 e. The van der Waals surface area contributed by atoms with Crippen molar-refractivity contribution in [3.8, 4) is 5.69 Å². The van der Waals surface area contributed by atoms with Crippen LogP contribution in [0.1, 0.15) is 21.6 Å². The molecule has 1 heterocycles. The largest absolute Gasteiger partial charge is 0.433 e. The number of rotatable bonds is 3. The van der Waals surface area contributed by atoms with Gasteiger partial charge in [-0.15, -0.1) is 0 Å². The lowest BCUT2D eigenvalue weighted by atomic mass is 10.0. The number of aromatic nitrogens is 2. The number of hydrogen-bond donors (Lipinski definition) is 1. The molecule has 0 saturated heterocycles. The zero-order valence-corrected chi connectivity index (χ0v) is 12.2. The van der Waals surface area contributed by atoms with Crippen LogP contribution in [-0.2, 0) is 6.18 Å². The van der Waals surface area contributed by atoms with Crippen molar-refractivity contribution in [2.45, 2.75) is 6.18 Å². The average Bonchev–Trinajstić information content (AvgIpc) is 2.93. The fourth-order valence-electron chi connectivity index (χ4n) is 2.35. The van der Waals surface area contributed by atoms with Crippen LogP contribution in [0.5, 0.6) is 0 Å². The average molecular weight is 332 g/mol. The molecule has 0 bridgehead atoms. The van der Waals surface area contributed by atoms with E-state index in [0.717, 1.165) is 4.68 Å². The standard InChI is InChI=1S/C17H11F3N2O2/c18-17(19,20)15-13(14(23)11-7-3-1-4-8-11)16(24)22(21-15)12-9-5-2-6-10-12/h1-10,21H. The quantitative estimate of drug-likeness (QED) is 0.747. The molecule has 24 heavy (non-hydrogen) atoms. The highest BCUT2D eigenvalue weighted by molar-refractivity contribution is 6.09. The number of H-pyrrole nitrogens is 1. The zero-order valence-electron chi connectivity index (χ0n) is 12.2. The fourth-order valence-corrected chi connectivity index (χ4v) is 2.35. The first-order valence-electron chi connectivity index (χ1n) is 6.97. The Kier molecular flexibility index (Phi) is 3.84. The van der Waals surface area contributed by atoms with Crippen molar-refractivity contribution in [1.29, 1.82) is 0 Å². The molecule has 0 spiro atoms. The molecular formula is C17H11F3N2O2. The Hall–Kier alpha value is -3.09. The molecule has 3 rings (SSSR count). The summed E-state index contributed by atoms with van der Waals surface area (Å²) < 4.78 is 40.6. The van der Waals surface area contributed by atoms with Gasteiger partial charge in [0, 0.05) is 5.56 Å². The normalized spacial score (nSPS) is 11.5. The summed E-state index contributed by atoms with van der Waals surface area (Å²) in [5.74, 6) is -0.973. The monoisotopic (exact) mass is 332 g/mol. The second-order valence-corrected chi connectivity index (χ2v) is 5.03. The first-order valence-corrected chi connectivity index (χ1v) is 6.97. The predicted octanol–water partition coefficient (Wildman–Crippen LogP) is 3.42. The molecule has 1 aromatic heterocycles. The van der Waals surface area contributed by atoms with E-state index >= 15 is 0 Å². The summed E-state index contributed by atoms with van der Waals surface area (Å²) in [5, 5.41) is 2.02. The van der Waals surface area contributed by atoms with Gasteiger partial charge in [-0.3, -0.25) is 14.7 Å². The highest BCUT2D eigenvalue weighted by Gasteiger charge is 2.40. The van der Waals surface area contributed by atoms with E-state index in [4.69, 9.17) is 0 Å². The Morgan fingerprint density at radius 3 is 2.00 bits per heavy atom. The van der Waals surface area contributed by atoms with Crippen molar-refractivity contribution in [2.24, 2.45) is 0 Å². The minimum Gasteiger partial charge on any atom is -0.288 e. The molecule has 7 heteroatoms. The van der Waals surface area contributed by atoms with Crippen LogP contribution in [0.15, 0.2) is 65.5 Å². The van der Waals surface area contributed by atoms with E-state index in [1.807, 2.05) is 5.10 Å². The maximum Gasteiger partial charge on any atom is 0.433 e. The number of carbonyl (C=O) groups excluding carboxylic acids is 1. The maximum absolute atomic E-state index is 13.3. The van der Waals surface area contributed by atoms with Crippen molar-refractivity contribution >= 4 is 5.78 Å². The van der Waals surface area contributed by atoms with Gasteiger partial charge in [0.2, 0.25) is 5.78 Å². The van der Waals surface area contributed by atoms with Crippen molar-refractivity contribution in [3.63, 3.8) is 0 Å². The summed E-state index contributed by atoms with van der Waals surface area (Å²) in [4.78, 5) is 24.9. The molecule has 0 aliphatic carbocycles. The minimum atomic E-state index is -4.86. The van der Waals surface area contributed by atoms with E-state index in [1.165, 1.54) is 36.4 Å². The van der Waals surface area contributed by atoms with Gasteiger partial charge in [-0.25, -0.2) is 4.68 Å². The number of nitrogens with zero attached hydrogens (tertiary/aromatic N) is 1. The van der Waals surface area contributed by atoms with Crippen molar-refractivity contribution in [2.75, 3.05) is 0 Å². The fraction of sp³-hybridized carbons (Fsp3) is 0.0588. The molecule has 0 aliphatic rings. The molecule has 0 atom stereocenters. The molecule has 2 aromatic carbocycles. The van der Waals surface area contributed by atoms with Gasteiger partial charge >= 0.3 is 6.18 Å². The molecule has 1 N–H and O–H groups in total. The first kappa shape index (κ1) is 15.8. The van der Waals surface area contributed by atoms with Crippen LogP contribution in [-0.4, -0.2) is 15.6 Å². The van der Waals surface area contributed by atoms with Crippen LogP contribution in [0.4, 0.5) is 13.2 Å². The van der Waals surface area contributed by atoms with Crippen molar-refractivity contribution in [3.05, 3.63) is 87.8 Å². The van der Waals surface area contributed by atoms with Crippen LogP contribution >= 0.6 is 0 Å². The number of benzene rings is 2. The van der Waals surface area contributed by atoms with Crippen LogP contribution in [0.2, 0.25) is 0 Å². The number of nitrogens with one attached hydrogen (secondary N) is 1. The zero-order chi connectivity index (χ0) is 17.3. The number of hydrogen-bond acceptors (Lipinski definition) is 2. The summed E-state index contributed by atoms with van der Waals surface area (Å²) in [6.07, 6.45) is -4.86. The number of aromatic amines is 1. The highest BCUT2D eigenvalue weighted by Crippen LogP contribution is 2.30. The highest BCUT2D eigenvalue weighted by atomic mass is 19.4.